The van der Waals surface area contributed by atoms with Crippen molar-refractivity contribution in [2.75, 3.05) is 14.2 Å². The van der Waals surface area contributed by atoms with Crippen LogP contribution in [0.4, 0.5) is 0 Å². The Morgan fingerprint density at radius 2 is 2.04 bits per heavy atom. The Morgan fingerprint density at radius 1 is 1.20 bits per heavy atom. The lowest BCUT2D eigenvalue weighted by atomic mass is 10.1. The van der Waals surface area contributed by atoms with Crippen molar-refractivity contribution in [2.45, 2.75) is 6.61 Å². The first-order valence-electron chi connectivity index (χ1n) is 7.55. The number of pyridine rings is 1. The molecule has 0 fully saturated rings. The molecule has 6 nitrogen and oxygen atoms in total. The molecule has 3 aromatic rings. The van der Waals surface area contributed by atoms with E-state index in [9.17, 15) is 10.1 Å². The Labute approximate surface area is 144 Å². The molecule has 0 unspecified atom stereocenters. The van der Waals surface area contributed by atoms with Crippen LogP contribution in [0.5, 0.6) is 11.5 Å². The van der Waals surface area contributed by atoms with Crippen molar-refractivity contribution in [2.24, 2.45) is 0 Å². The average Bonchev–Trinajstić information content (AvgIpc) is 3.02. The zero-order valence-corrected chi connectivity index (χ0v) is 13.9. The van der Waals surface area contributed by atoms with Gasteiger partial charge in [-0.2, -0.15) is 5.26 Å². The number of carbonyl (C=O) groups excluding carboxylic acids is 1. The molecule has 126 valence electrons. The van der Waals surface area contributed by atoms with Gasteiger partial charge in [0.2, 0.25) is 0 Å². The smallest absolute Gasteiger partial charge is 0.342 e. The van der Waals surface area contributed by atoms with Crippen LogP contribution in [0.2, 0.25) is 0 Å². The fourth-order valence-electron chi connectivity index (χ4n) is 2.61. The molecule has 25 heavy (non-hydrogen) atoms. The van der Waals surface area contributed by atoms with E-state index in [4.69, 9.17) is 14.2 Å². The molecule has 0 amide bonds. The predicted octanol–water partition coefficient (Wildman–Crippen LogP) is 3.19. The van der Waals surface area contributed by atoms with Gasteiger partial charge < -0.3 is 18.6 Å². The van der Waals surface area contributed by atoms with Crippen molar-refractivity contribution in [3.05, 3.63) is 65.5 Å². The summed E-state index contributed by atoms with van der Waals surface area (Å²) in [6.45, 7) is -0.0101. The van der Waals surface area contributed by atoms with Gasteiger partial charge in [-0.3, -0.25) is 0 Å². The first-order valence-corrected chi connectivity index (χ1v) is 7.55. The minimum Gasteiger partial charge on any atom is -0.497 e. The van der Waals surface area contributed by atoms with Crippen molar-refractivity contribution >= 4 is 11.5 Å². The van der Waals surface area contributed by atoms with Crippen LogP contribution in [0.3, 0.4) is 0 Å². The third kappa shape index (κ3) is 3.12. The minimum atomic E-state index is -0.546. The number of rotatable bonds is 5. The maximum absolute atomic E-state index is 12.4. The van der Waals surface area contributed by atoms with Crippen LogP contribution in [0.15, 0.2) is 48.8 Å². The molecule has 0 radical (unpaired) electrons. The Bertz CT molecular complexity index is 969. The molecular weight excluding hydrogens is 320 g/mol. The Kier molecular flexibility index (Phi) is 4.57. The molecule has 2 heterocycles. The molecule has 3 rings (SSSR count). The number of fused-ring (bicyclic) bond motifs is 1. The number of nitrogens with zero attached hydrogens (tertiary/aromatic N) is 2. The number of esters is 1. The number of methoxy groups -OCH3 is 2. The van der Waals surface area contributed by atoms with Crippen molar-refractivity contribution < 1.29 is 19.0 Å². The zero-order chi connectivity index (χ0) is 17.8. The summed E-state index contributed by atoms with van der Waals surface area (Å²) in [4.78, 5) is 12.4. The van der Waals surface area contributed by atoms with Gasteiger partial charge in [-0.05, 0) is 30.3 Å². The molecule has 0 saturated carbocycles. The van der Waals surface area contributed by atoms with Gasteiger partial charge in [0.05, 0.1) is 25.3 Å². The molecule has 0 N–H and O–H groups in total. The topological polar surface area (TPSA) is 73.0 Å². The van der Waals surface area contributed by atoms with Gasteiger partial charge in [0.25, 0.3) is 0 Å². The summed E-state index contributed by atoms with van der Waals surface area (Å²) in [5.74, 6) is 0.378. The van der Waals surface area contributed by atoms with Gasteiger partial charge in [-0.1, -0.05) is 6.07 Å². The molecule has 1 aromatic carbocycles. The van der Waals surface area contributed by atoms with Crippen LogP contribution in [0, 0.1) is 11.3 Å². The number of aromatic nitrogens is 1. The fraction of sp³-hybridized carbons (Fsp3) is 0.158. The first-order chi connectivity index (χ1) is 12.2. The van der Waals surface area contributed by atoms with Gasteiger partial charge in [0, 0.05) is 18.0 Å². The van der Waals surface area contributed by atoms with E-state index in [1.165, 1.54) is 14.2 Å². The van der Waals surface area contributed by atoms with Crippen LogP contribution in [-0.2, 0) is 11.3 Å². The van der Waals surface area contributed by atoms with Gasteiger partial charge in [0.1, 0.15) is 29.7 Å². The third-order valence-electron chi connectivity index (χ3n) is 3.86. The highest BCUT2D eigenvalue weighted by Gasteiger charge is 2.17. The van der Waals surface area contributed by atoms with Gasteiger partial charge in [0.15, 0.2) is 0 Å². The van der Waals surface area contributed by atoms with Crippen LogP contribution >= 0.6 is 0 Å². The van der Waals surface area contributed by atoms with E-state index in [1.54, 1.807) is 24.4 Å². The standard InChI is InChI=1S/C19H16N2O4/c1-23-14-6-7-18(24-2)15(9-14)19(22)25-12-13-11-21-8-4-3-5-17(21)16(13)10-20/h3-9,11H,12H2,1-2H3. The van der Waals surface area contributed by atoms with E-state index in [2.05, 4.69) is 6.07 Å². The molecule has 0 atom stereocenters. The monoisotopic (exact) mass is 336 g/mol. The van der Waals surface area contributed by atoms with E-state index in [1.807, 2.05) is 28.8 Å². The second-order valence-electron chi connectivity index (χ2n) is 5.28. The molecule has 6 heteroatoms. The molecule has 0 spiro atoms. The SMILES string of the molecule is COc1ccc(OC)c(C(=O)OCc2cn3ccccc3c2C#N)c1. The Morgan fingerprint density at radius 3 is 2.76 bits per heavy atom. The van der Waals surface area contributed by atoms with Crippen molar-refractivity contribution in [3.8, 4) is 17.6 Å². The number of benzene rings is 1. The van der Waals surface area contributed by atoms with Gasteiger partial charge >= 0.3 is 5.97 Å². The first kappa shape index (κ1) is 16.4. The number of hydrogen-bond acceptors (Lipinski definition) is 5. The van der Waals surface area contributed by atoms with E-state index in [-0.39, 0.29) is 12.2 Å². The third-order valence-corrected chi connectivity index (χ3v) is 3.86. The van der Waals surface area contributed by atoms with E-state index in [0.29, 0.717) is 22.6 Å². The molecule has 0 aliphatic carbocycles. The highest BCUT2D eigenvalue weighted by atomic mass is 16.5. The van der Waals surface area contributed by atoms with Crippen molar-refractivity contribution in [3.63, 3.8) is 0 Å². The molecule has 0 saturated heterocycles. The van der Waals surface area contributed by atoms with Crippen LogP contribution < -0.4 is 9.47 Å². The van der Waals surface area contributed by atoms with Crippen molar-refractivity contribution in [1.82, 2.24) is 4.40 Å². The summed E-state index contributed by atoms with van der Waals surface area (Å²) in [5.41, 5.74) is 2.18. The summed E-state index contributed by atoms with van der Waals surface area (Å²) in [5, 5.41) is 9.40. The number of ether oxygens (including phenoxy) is 3. The molecule has 0 bridgehead atoms. The predicted molar refractivity (Wildman–Crippen MR) is 90.8 cm³/mol. The summed E-state index contributed by atoms with van der Waals surface area (Å²) in [7, 11) is 3.00. The molecule has 0 aliphatic heterocycles. The fourth-order valence-corrected chi connectivity index (χ4v) is 2.61. The summed E-state index contributed by atoms with van der Waals surface area (Å²) >= 11 is 0. The average molecular weight is 336 g/mol. The lowest BCUT2D eigenvalue weighted by molar-refractivity contribution is 0.0468. The van der Waals surface area contributed by atoms with Crippen LogP contribution in [0.1, 0.15) is 21.5 Å². The Hall–Kier alpha value is -3.46. The highest BCUT2D eigenvalue weighted by molar-refractivity contribution is 5.93. The normalized spacial score (nSPS) is 10.3. The maximum atomic E-state index is 12.4. The minimum absolute atomic E-state index is 0.0101. The summed E-state index contributed by atoms with van der Waals surface area (Å²) in [6, 6.07) is 12.6. The summed E-state index contributed by atoms with van der Waals surface area (Å²) < 4.78 is 17.5. The number of hydrogen-bond donors (Lipinski definition) is 0. The van der Waals surface area contributed by atoms with Crippen LogP contribution in [0.25, 0.3) is 5.52 Å². The second-order valence-corrected chi connectivity index (χ2v) is 5.28. The zero-order valence-electron chi connectivity index (χ0n) is 13.9. The summed E-state index contributed by atoms with van der Waals surface area (Å²) in [6.07, 6.45) is 3.62. The number of carbonyl (C=O) groups is 1. The molecule has 2 aromatic heterocycles. The van der Waals surface area contributed by atoms with Crippen molar-refractivity contribution in [1.29, 1.82) is 5.26 Å². The number of nitriles is 1. The Balaban J connectivity index is 1.85. The van der Waals surface area contributed by atoms with E-state index in [0.717, 1.165) is 5.52 Å². The second kappa shape index (κ2) is 6.97. The maximum Gasteiger partial charge on any atom is 0.342 e. The lowest BCUT2D eigenvalue weighted by Crippen LogP contribution is -2.07. The van der Waals surface area contributed by atoms with Gasteiger partial charge in [-0.15, -0.1) is 0 Å². The largest absolute Gasteiger partial charge is 0.497 e. The molecular formula is C19H16N2O4. The van der Waals surface area contributed by atoms with E-state index >= 15 is 0 Å². The quantitative estimate of drug-likeness (QED) is 0.669. The highest BCUT2D eigenvalue weighted by Crippen LogP contribution is 2.25. The van der Waals surface area contributed by atoms with Gasteiger partial charge in [-0.25, -0.2) is 4.79 Å². The lowest BCUT2D eigenvalue weighted by Gasteiger charge is -2.10. The van der Waals surface area contributed by atoms with E-state index < -0.39 is 5.97 Å². The van der Waals surface area contributed by atoms with Crippen LogP contribution in [-0.4, -0.2) is 24.6 Å². The molecule has 0 aliphatic rings.